The Balaban J connectivity index is 0.00000310. The van der Waals surface area contributed by atoms with Gasteiger partial charge in [-0.25, -0.2) is 14.5 Å². The number of carbonyl (C=O) groups excluding carboxylic acids is 1. The van der Waals surface area contributed by atoms with E-state index in [1.807, 2.05) is 13.8 Å². The molecule has 59 heavy (non-hydrogen) atoms. The number of rotatable bonds is 13. The van der Waals surface area contributed by atoms with Gasteiger partial charge in [-0.1, -0.05) is 58.6 Å². The molecule has 8 bridgehead atoms. The summed E-state index contributed by atoms with van der Waals surface area (Å²) in [7, 11) is 0. The van der Waals surface area contributed by atoms with Crippen LogP contribution in [0.3, 0.4) is 0 Å². The number of carboxylic acid groups (broad SMARTS) is 2. The molecule has 7 N–H and O–H groups in total. The standard InChI is InChI=1S/C39H38F2N8O7.Mn.2H2O/c1-6-23-19(2)27-13-28-20(3)24(7-9-35(50)51)32(45-28)16-33-25(8-10-36(52)53)21(4)29(46-33)15-34-26(22(5)30(47-34)14-31(23)44-27)17-43-37(54)39(40,41)18-48-12-11-42-38(48)49(55)56;;;/h6,11-16H,1,7-10,17-18H2,2-5H3,(H5,43,44,45,46,47,50,51,52,53,54);;2*1H2/q;+2;;/p-2. The molecular formula is C39H40F2MnN8O9. The first kappa shape index (κ1) is 47.0. The van der Waals surface area contributed by atoms with Crippen molar-refractivity contribution in [3.63, 3.8) is 0 Å². The first-order valence-corrected chi connectivity index (χ1v) is 17.4. The molecule has 0 unspecified atom stereocenters. The third-order valence-corrected chi connectivity index (χ3v) is 9.93. The van der Waals surface area contributed by atoms with Crippen molar-refractivity contribution in [3.05, 3.63) is 98.4 Å². The van der Waals surface area contributed by atoms with Crippen LogP contribution in [0, 0.1) is 24.0 Å². The van der Waals surface area contributed by atoms with E-state index in [0.717, 1.165) is 23.5 Å². The van der Waals surface area contributed by atoms with Gasteiger partial charge in [0.2, 0.25) is 0 Å². The number of amides is 1. The average Bonchev–Trinajstić information content (AvgIpc) is 3.91. The number of aliphatic carboxylic acids is 2. The Labute approximate surface area is 345 Å². The van der Waals surface area contributed by atoms with Gasteiger partial charge in [0.05, 0.1) is 22.8 Å². The predicted molar refractivity (Wildman–Crippen MR) is 210 cm³/mol. The van der Waals surface area contributed by atoms with Crippen molar-refractivity contribution in [3.8, 4) is 0 Å². The zero-order valence-corrected chi connectivity index (χ0v) is 33.4. The van der Waals surface area contributed by atoms with Crippen LogP contribution in [0.5, 0.6) is 0 Å². The van der Waals surface area contributed by atoms with Gasteiger partial charge in [-0.2, -0.15) is 8.78 Å². The Bertz CT molecular complexity index is 2590. The van der Waals surface area contributed by atoms with Crippen molar-refractivity contribution in [1.82, 2.24) is 34.8 Å². The second kappa shape index (κ2) is 18.5. The molecule has 0 atom stereocenters. The number of carboxylic acids is 2. The first-order chi connectivity index (χ1) is 26.5. The minimum absolute atomic E-state index is 0. The number of alkyl halides is 2. The van der Waals surface area contributed by atoms with E-state index in [2.05, 4.69) is 16.9 Å². The van der Waals surface area contributed by atoms with E-state index >= 15 is 8.78 Å². The number of aromatic nitrogens is 6. The second-order valence-corrected chi connectivity index (χ2v) is 13.4. The number of hydrogen-bond acceptors (Lipinski definition) is 8. The molecule has 0 aliphatic carbocycles. The average molecular weight is 858 g/mol. The van der Waals surface area contributed by atoms with Gasteiger partial charge in [0.1, 0.15) is 18.9 Å². The van der Waals surface area contributed by atoms with Crippen LogP contribution in [0.4, 0.5) is 14.7 Å². The fourth-order valence-electron chi connectivity index (χ4n) is 6.79. The molecule has 0 fully saturated rings. The van der Waals surface area contributed by atoms with Gasteiger partial charge in [0.15, 0.2) is 0 Å². The number of allylic oxidation sites excluding steroid dienone is 3. The number of hydrogen-bond donors (Lipinski definition) is 3. The van der Waals surface area contributed by atoms with Crippen molar-refractivity contribution >= 4 is 74.2 Å². The Morgan fingerprint density at radius 1 is 0.864 bits per heavy atom. The maximum atomic E-state index is 15.2. The van der Waals surface area contributed by atoms with E-state index in [1.54, 1.807) is 44.2 Å². The van der Waals surface area contributed by atoms with E-state index < -0.39 is 47.7 Å². The number of aryl methyl sites for hydroxylation is 3. The molecule has 0 saturated carbocycles. The van der Waals surface area contributed by atoms with Crippen molar-refractivity contribution in [2.24, 2.45) is 0 Å². The number of nitro groups is 1. The van der Waals surface area contributed by atoms with Gasteiger partial charge in [-0.15, -0.1) is 22.1 Å². The summed E-state index contributed by atoms with van der Waals surface area (Å²) in [5.74, 6) is -8.58. The van der Waals surface area contributed by atoms with Gasteiger partial charge in [-0.05, 0) is 67.7 Å². The quantitative estimate of drug-likeness (QED) is 0.0953. The number of halogens is 2. The molecular weight excluding hydrogens is 817 g/mol. The molecule has 17 nitrogen and oxygen atoms in total. The minimum atomic E-state index is -4.06. The Kier molecular flexibility index (Phi) is 14.7. The third kappa shape index (κ3) is 9.52. The van der Waals surface area contributed by atoms with E-state index in [9.17, 15) is 34.7 Å². The number of fused-ring (bicyclic) bond motifs is 8. The number of nitrogens with zero attached hydrogens (tertiary/aromatic N) is 7. The summed E-state index contributed by atoms with van der Waals surface area (Å²) in [5.41, 5.74) is 8.74. The second-order valence-electron chi connectivity index (χ2n) is 13.4. The fraction of sp³-hybridized carbons (Fsp3) is 0.282. The largest absolute Gasteiger partial charge is 2.00 e. The normalized spacial score (nSPS) is 12.3. The molecule has 0 saturated heterocycles. The SMILES string of the molecule is C=Cc1c(C)c2cc3nc(cc4[n-]c(cc5nc(cc1[n-]2)C(C)=C5CNC(=O)C(F)(F)Cn1ccnc1[N+](=O)[O-])c(C)c4CCC(=O)O)C(CCC(=O)O)=C3C.O.O.[Mn+2]. The van der Waals surface area contributed by atoms with E-state index in [4.69, 9.17) is 19.9 Å². The first-order valence-electron chi connectivity index (χ1n) is 17.4. The van der Waals surface area contributed by atoms with Crippen LogP contribution in [-0.2, 0) is 44.4 Å². The molecule has 1 radical (unpaired) electrons. The monoisotopic (exact) mass is 857 g/mol. The summed E-state index contributed by atoms with van der Waals surface area (Å²) >= 11 is 0. The Morgan fingerprint density at radius 3 is 2.00 bits per heavy atom. The summed E-state index contributed by atoms with van der Waals surface area (Å²) in [5, 5.41) is 32.6. The van der Waals surface area contributed by atoms with Crippen LogP contribution in [0.1, 0.15) is 78.1 Å². The fourth-order valence-corrected chi connectivity index (χ4v) is 6.79. The van der Waals surface area contributed by atoms with Crippen molar-refractivity contribution in [1.29, 1.82) is 0 Å². The molecule has 0 spiro atoms. The van der Waals surface area contributed by atoms with Crippen molar-refractivity contribution < 1.29 is 66.3 Å². The zero-order chi connectivity index (χ0) is 40.6. The number of imidazole rings is 1. The van der Waals surface area contributed by atoms with Crippen LogP contribution >= 0.6 is 0 Å². The Morgan fingerprint density at radius 2 is 1.39 bits per heavy atom. The summed E-state index contributed by atoms with van der Waals surface area (Å²) in [6, 6.07) is 6.85. The summed E-state index contributed by atoms with van der Waals surface area (Å²) in [6.45, 7) is 9.45. The van der Waals surface area contributed by atoms with Gasteiger partial charge in [-0.3, -0.25) is 14.4 Å². The maximum Gasteiger partial charge on any atom is 2.00 e. The molecule has 20 heteroatoms. The molecule has 4 aromatic heterocycles. The van der Waals surface area contributed by atoms with Gasteiger partial charge in [0.25, 0.3) is 5.91 Å². The minimum Gasteiger partial charge on any atom is -0.657 e. The number of carbonyl (C=O) groups is 3. The molecule has 1 amide bonds. The third-order valence-electron chi connectivity index (χ3n) is 9.93. The van der Waals surface area contributed by atoms with Crippen LogP contribution in [0.25, 0.3) is 50.4 Å². The summed E-state index contributed by atoms with van der Waals surface area (Å²) in [4.78, 5) is 69.5. The smallest absolute Gasteiger partial charge is 0.657 e. The van der Waals surface area contributed by atoms with Crippen LogP contribution in [-0.4, -0.2) is 75.9 Å². The van der Waals surface area contributed by atoms with E-state index in [1.165, 1.54) is 0 Å². The molecule has 4 aromatic rings. The van der Waals surface area contributed by atoms with Crippen LogP contribution in [0.15, 0.2) is 43.2 Å². The maximum absolute atomic E-state index is 15.2. The molecule has 311 valence electrons. The molecule has 6 heterocycles. The van der Waals surface area contributed by atoms with Gasteiger partial charge in [0, 0.05) is 25.0 Å². The molecule has 2 aliphatic rings. The van der Waals surface area contributed by atoms with E-state index in [0.29, 0.717) is 77.1 Å². The summed E-state index contributed by atoms with van der Waals surface area (Å²) < 4.78 is 31.0. The van der Waals surface area contributed by atoms with Gasteiger partial charge < -0.3 is 46.6 Å². The van der Waals surface area contributed by atoms with Crippen molar-refractivity contribution in [2.45, 2.75) is 65.8 Å². The Hall–Kier alpha value is -6.34. The predicted octanol–water partition coefficient (Wildman–Crippen LogP) is 4.48. The van der Waals surface area contributed by atoms with E-state index in [-0.39, 0.29) is 59.4 Å². The topological polar surface area (TPSA) is 282 Å². The zero-order valence-electron chi connectivity index (χ0n) is 32.2. The molecule has 6 rings (SSSR count). The summed E-state index contributed by atoms with van der Waals surface area (Å²) in [6.07, 6.45) is 3.54. The molecule has 0 aromatic carbocycles. The molecule has 2 aliphatic heterocycles. The number of nitrogens with one attached hydrogen (secondary N) is 1. The van der Waals surface area contributed by atoms with Crippen LogP contribution < -0.4 is 15.3 Å². The van der Waals surface area contributed by atoms with Crippen LogP contribution in [0.2, 0.25) is 0 Å². The van der Waals surface area contributed by atoms with Crippen molar-refractivity contribution in [2.75, 3.05) is 6.54 Å². The van der Waals surface area contributed by atoms with Gasteiger partial charge >= 0.3 is 40.9 Å².